The molecular weight excluding hydrogens is 208 g/mol. The lowest BCUT2D eigenvalue weighted by molar-refractivity contribution is 0.266. The summed E-state index contributed by atoms with van der Waals surface area (Å²) < 4.78 is 0. The summed E-state index contributed by atoms with van der Waals surface area (Å²) in [4.78, 5) is 2.49. The number of hydrogen-bond acceptors (Lipinski definition) is 2. The van der Waals surface area contributed by atoms with Gasteiger partial charge >= 0.3 is 0 Å². The highest BCUT2D eigenvalue weighted by atomic mass is 15.1. The van der Waals surface area contributed by atoms with E-state index in [-0.39, 0.29) is 0 Å². The van der Waals surface area contributed by atoms with Crippen LogP contribution in [0.2, 0.25) is 0 Å². The minimum Gasteiger partial charge on any atom is -0.330 e. The number of rotatable bonds is 11. The van der Waals surface area contributed by atoms with Crippen molar-refractivity contribution in [3.63, 3.8) is 0 Å². The van der Waals surface area contributed by atoms with Crippen LogP contribution >= 0.6 is 0 Å². The van der Waals surface area contributed by atoms with E-state index in [2.05, 4.69) is 32.3 Å². The van der Waals surface area contributed by atoms with Crippen molar-refractivity contribution < 1.29 is 0 Å². The second-order valence-corrected chi connectivity index (χ2v) is 5.31. The average Bonchev–Trinajstić information content (AvgIpc) is 2.28. The molecule has 1 atom stereocenters. The molecule has 0 aromatic rings. The van der Waals surface area contributed by atoms with Crippen molar-refractivity contribution in [2.45, 2.75) is 46.5 Å². The van der Waals surface area contributed by atoms with Gasteiger partial charge in [-0.3, -0.25) is 4.90 Å². The number of nitrogens with zero attached hydrogens (tertiary/aromatic N) is 1. The van der Waals surface area contributed by atoms with Gasteiger partial charge < -0.3 is 5.73 Å². The Kier molecular flexibility index (Phi) is 10.6. The maximum atomic E-state index is 5.67. The van der Waals surface area contributed by atoms with Crippen LogP contribution in [0.5, 0.6) is 0 Å². The van der Waals surface area contributed by atoms with E-state index in [0.717, 1.165) is 24.9 Å². The maximum absolute atomic E-state index is 5.67. The molecule has 2 heteroatoms. The zero-order chi connectivity index (χ0) is 13.1. The second-order valence-electron chi connectivity index (χ2n) is 5.31. The summed E-state index contributed by atoms with van der Waals surface area (Å²) in [6.07, 6.45) is 7.01. The summed E-state index contributed by atoms with van der Waals surface area (Å²) in [7, 11) is 0. The van der Waals surface area contributed by atoms with E-state index in [0.29, 0.717) is 0 Å². The van der Waals surface area contributed by atoms with Gasteiger partial charge in [-0.25, -0.2) is 0 Å². The summed E-state index contributed by atoms with van der Waals surface area (Å²) in [5.41, 5.74) is 5.67. The third-order valence-corrected chi connectivity index (χ3v) is 3.46. The first-order valence-electron chi connectivity index (χ1n) is 7.19. The van der Waals surface area contributed by atoms with Crippen LogP contribution in [0.3, 0.4) is 0 Å². The summed E-state index contributed by atoms with van der Waals surface area (Å²) >= 11 is 0. The van der Waals surface area contributed by atoms with E-state index in [1.165, 1.54) is 38.8 Å². The van der Waals surface area contributed by atoms with Crippen molar-refractivity contribution in [1.82, 2.24) is 4.90 Å². The fourth-order valence-electron chi connectivity index (χ4n) is 2.40. The molecule has 0 aromatic carbocycles. The van der Waals surface area contributed by atoms with Crippen molar-refractivity contribution in [2.24, 2.45) is 17.6 Å². The minimum absolute atomic E-state index is 0.762. The number of nitrogens with two attached hydrogens (primary N) is 1. The quantitative estimate of drug-likeness (QED) is 0.562. The van der Waals surface area contributed by atoms with Crippen molar-refractivity contribution >= 4 is 0 Å². The Morgan fingerprint density at radius 3 is 2.41 bits per heavy atom. The molecule has 0 heterocycles. The summed E-state index contributed by atoms with van der Waals surface area (Å²) in [6, 6.07) is 0. The Bertz CT molecular complexity index is 178. The van der Waals surface area contributed by atoms with Gasteiger partial charge in [0.1, 0.15) is 0 Å². The maximum Gasteiger partial charge on any atom is 0.0160 e. The summed E-state index contributed by atoms with van der Waals surface area (Å²) in [6.45, 7) is 14.9. The predicted molar refractivity (Wildman–Crippen MR) is 78.2 cm³/mol. The highest BCUT2D eigenvalue weighted by molar-refractivity contribution is 4.74. The Morgan fingerprint density at radius 1 is 1.24 bits per heavy atom. The van der Waals surface area contributed by atoms with Gasteiger partial charge in [0, 0.05) is 6.54 Å². The van der Waals surface area contributed by atoms with Crippen molar-refractivity contribution in [2.75, 3.05) is 26.2 Å². The van der Waals surface area contributed by atoms with Crippen LogP contribution in [0.15, 0.2) is 12.7 Å². The van der Waals surface area contributed by atoms with Gasteiger partial charge in [-0.1, -0.05) is 26.8 Å². The Hall–Kier alpha value is -0.340. The molecule has 0 aliphatic rings. The SMILES string of the molecule is C=CCN(CCC)CCCC(CCN)C(C)C. The predicted octanol–water partition coefficient (Wildman–Crippen LogP) is 3.29. The monoisotopic (exact) mass is 240 g/mol. The lowest BCUT2D eigenvalue weighted by Crippen LogP contribution is -2.26. The molecule has 0 radical (unpaired) electrons. The van der Waals surface area contributed by atoms with Crippen LogP contribution in [-0.2, 0) is 0 Å². The highest BCUT2D eigenvalue weighted by Gasteiger charge is 2.12. The lowest BCUT2D eigenvalue weighted by atomic mass is 9.88. The van der Waals surface area contributed by atoms with E-state index < -0.39 is 0 Å². The van der Waals surface area contributed by atoms with Crippen LogP contribution in [0.1, 0.15) is 46.5 Å². The molecular formula is C15H32N2. The Morgan fingerprint density at radius 2 is 1.94 bits per heavy atom. The molecule has 2 N–H and O–H groups in total. The van der Waals surface area contributed by atoms with Crippen molar-refractivity contribution in [3.05, 3.63) is 12.7 Å². The number of hydrogen-bond donors (Lipinski definition) is 1. The van der Waals surface area contributed by atoms with E-state index in [1.54, 1.807) is 0 Å². The molecule has 0 rings (SSSR count). The zero-order valence-electron chi connectivity index (χ0n) is 12.1. The standard InChI is InChI=1S/C15H32N2/c1-5-11-17(12-6-2)13-7-8-15(9-10-16)14(3)4/h5,14-15H,1,6-13,16H2,2-4H3. The van der Waals surface area contributed by atoms with E-state index in [4.69, 9.17) is 5.73 Å². The van der Waals surface area contributed by atoms with Gasteiger partial charge in [0.2, 0.25) is 0 Å². The molecule has 102 valence electrons. The van der Waals surface area contributed by atoms with Gasteiger partial charge in [0.05, 0.1) is 0 Å². The fraction of sp³-hybridized carbons (Fsp3) is 0.867. The zero-order valence-corrected chi connectivity index (χ0v) is 12.1. The molecule has 17 heavy (non-hydrogen) atoms. The van der Waals surface area contributed by atoms with Crippen molar-refractivity contribution in [1.29, 1.82) is 0 Å². The smallest absolute Gasteiger partial charge is 0.0160 e. The molecule has 0 saturated heterocycles. The van der Waals surface area contributed by atoms with Gasteiger partial charge in [-0.2, -0.15) is 0 Å². The Balaban J connectivity index is 3.86. The van der Waals surface area contributed by atoms with E-state index in [9.17, 15) is 0 Å². The first-order valence-corrected chi connectivity index (χ1v) is 7.19. The molecule has 1 unspecified atom stereocenters. The molecule has 0 bridgehead atoms. The highest BCUT2D eigenvalue weighted by Crippen LogP contribution is 2.20. The van der Waals surface area contributed by atoms with Gasteiger partial charge in [0.15, 0.2) is 0 Å². The van der Waals surface area contributed by atoms with Gasteiger partial charge in [-0.15, -0.1) is 6.58 Å². The first kappa shape index (κ1) is 16.7. The molecule has 0 aromatic heterocycles. The minimum atomic E-state index is 0.762. The third kappa shape index (κ3) is 8.39. The third-order valence-electron chi connectivity index (χ3n) is 3.46. The van der Waals surface area contributed by atoms with Crippen LogP contribution in [-0.4, -0.2) is 31.1 Å². The second kappa shape index (κ2) is 10.8. The van der Waals surface area contributed by atoms with Crippen molar-refractivity contribution in [3.8, 4) is 0 Å². The molecule has 0 fully saturated rings. The van der Waals surface area contributed by atoms with Gasteiger partial charge in [-0.05, 0) is 57.2 Å². The summed E-state index contributed by atoms with van der Waals surface area (Å²) in [5.74, 6) is 1.56. The molecule has 0 spiro atoms. The topological polar surface area (TPSA) is 29.3 Å². The molecule has 0 saturated carbocycles. The van der Waals surface area contributed by atoms with Crippen LogP contribution in [0.25, 0.3) is 0 Å². The largest absolute Gasteiger partial charge is 0.330 e. The van der Waals surface area contributed by atoms with E-state index in [1.807, 2.05) is 6.08 Å². The fourth-order valence-corrected chi connectivity index (χ4v) is 2.40. The molecule has 0 aliphatic heterocycles. The van der Waals surface area contributed by atoms with Crippen LogP contribution in [0.4, 0.5) is 0 Å². The van der Waals surface area contributed by atoms with E-state index >= 15 is 0 Å². The lowest BCUT2D eigenvalue weighted by Gasteiger charge is -2.23. The van der Waals surface area contributed by atoms with Crippen LogP contribution in [0, 0.1) is 11.8 Å². The normalized spacial score (nSPS) is 13.3. The first-order chi connectivity index (χ1) is 8.15. The molecule has 0 amide bonds. The molecule has 2 nitrogen and oxygen atoms in total. The van der Waals surface area contributed by atoms with Crippen LogP contribution < -0.4 is 5.73 Å². The summed E-state index contributed by atoms with van der Waals surface area (Å²) in [5, 5.41) is 0. The van der Waals surface area contributed by atoms with Gasteiger partial charge in [0.25, 0.3) is 0 Å². The average molecular weight is 240 g/mol. The Labute approximate surface area is 108 Å². The molecule has 0 aliphatic carbocycles.